The predicted molar refractivity (Wildman–Crippen MR) is 87.6 cm³/mol. The molecule has 1 aliphatic heterocycles. The topological polar surface area (TPSA) is 66.5 Å². The number of piperidine rings is 1. The van der Waals surface area contributed by atoms with Gasteiger partial charge in [-0.15, -0.1) is 0 Å². The second-order valence-electron chi connectivity index (χ2n) is 5.66. The average Bonchev–Trinajstić information content (AvgIpc) is 2.48. The highest BCUT2D eigenvalue weighted by molar-refractivity contribution is 7.88. The lowest BCUT2D eigenvalue weighted by molar-refractivity contribution is -0.121. The van der Waals surface area contributed by atoms with Crippen LogP contribution in [0.5, 0.6) is 0 Å². The first-order valence-corrected chi connectivity index (χ1v) is 9.36. The van der Waals surface area contributed by atoms with Gasteiger partial charge in [0.05, 0.1) is 6.26 Å². The lowest BCUT2D eigenvalue weighted by Crippen LogP contribution is -2.49. The first-order chi connectivity index (χ1) is 10.9. The summed E-state index contributed by atoms with van der Waals surface area (Å²) >= 11 is 0. The number of rotatable bonds is 5. The maximum Gasteiger partial charge on any atom is 0.224 e. The number of nitrogens with zero attached hydrogens (tertiary/aromatic N) is 1. The fourth-order valence-corrected chi connectivity index (χ4v) is 3.46. The molecule has 23 heavy (non-hydrogen) atoms. The van der Waals surface area contributed by atoms with Crippen LogP contribution in [-0.4, -0.2) is 44.0 Å². The maximum atomic E-state index is 13.4. The number of hydrogen-bond donors (Lipinski definition) is 1. The molecule has 1 unspecified atom stereocenters. The predicted octanol–water partition coefficient (Wildman–Crippen LogP) is 1.77. The quantitative estimate of drug-likeness (QED) is 0.888. The number of nitrogens with one attached hydrogen (secondary N) is 1. The van der Waals surface area contributed by atoms with Crippen molar-refractivity contribution in [1.29, 1.82) is 0 Å². The van der Waals surface area contributed by atoms with Gasteiger partial charge in [-0.1, -0.05) is 30.4 Å². The Morgan fingerprint density at radius 2 is 2.17 bits per heavy atom. The molecule has 1 heterocycles. The second kappa shape index (κ2) is 7.70. The fraction of sp³-hybridized carbons (Fsp3) is 0.438. The summed E-state index contributed by atoms with van der Waals surface area (Å²) < 4.78 is 37.9. The van der Waals surface area contributed by atoms with Crippen LogP contribution in [0.25, 0.3) is 6.08 Å². The molecule has 0 radical (unpaired) electrons. The van der Waals surface area contributed by atoms with Gasteiger partial charge < -0.3 is 5.32 Å². The van der Waals surface area contributed by atoms with Crippen LogP contribution in [0.4, 0.5) is 4.39 Å². The minimum Gasteiger partial charge on any atom is -0.352 e. The molecule has 1 fully saturated rings. The van der Waals surface area contributed by atoms with Gasteiger partial charge in [-0.25, -0.2) is 17.1 Å². The Kier molecular flexibility index (Phi) is 5.90. The highest BCUT2D eigenvalue weighted by atomic mass is 32.2. The van der Waals surface area contributed by atoms with Crippen molar-refractivity contribution in [3.8, 4) is 0 Å². The van der Waals surface area contributed by atoms with E-state index < -0.39 is 10.0 Å². The van der Waals surface area contributed by atoms with E-state index in [-0.39, 0.29) is 24.2 Å². The van der Waals surface area contributed by atoms with Gasteiger partial charge in [-0.3, -0.25) is 4.79 Å². The Labute approximate surface area is 136 Å². The number of hydrogen-bond acceptors (Lipinski definition) is 3. The number of sulfonamides is 1. The van der Waals surface area contributed by atoms with E-state index in [1.165, 1.54) is 16.6 Å². The number of halogens is 1. The van der Waals surface area contributed by atoms with Gasteiger partial charge in [0.1, 0.15) is 5.82 Å². The first kappa shape index (κ1) is 17.6. The van der Waals surface area contributed by atoms with Crippen LogP contribution in [0.1, 0.15) is 24.8 Å². The van der Waals surface area contributed by atoms with Crippen LogP contribution in [-0.2, 0) is 14.8 Å². The van der Waals surface area contributed by atoms with E-state index in [0.717, 1.165) is 12.8 Å². The van der Waals surface area contributed by atoms with Crippen LogP contribution in [0.15, 0.2) is 30.3 Å². The smallest absolute Gasteiger partial charge is 0.224 e. The van der Waals surface area contributed by atoms with Crippen molar-refractivity contribution < 1.29 is 17.6 Å². The molecule has 1 aliphatic rings. The monoisotopic (exact) mass is 340 g/mol. The molecule has 1 N–H and O–H groups in total. The molecule has 1 aromatic rings. The summed E-state index contributed by atoms with van der Waals surface area (Å²) in [6.45, 7) is 0.806. The van der Waals surface area contributed by atoms with Gasteiger partial charge in [0.2, 0.25) is 15.9 Å². The fourth-order valence-electron chi connectivity index (χ4n) is 2.55. The normalized spacial score (nSPS) is 19.8. The SMILES string of the molecule is CS(=O)(=O)N1CCCC(NC(=O)CC=Cc2ccccc2F)C1. The lowest BCUT2D eigenvalue weighted by atomic mass is 10.1. The van der Waals surface area contributed by atoms with Gasteiger partial charge in [0, 0.05) is 31.1 Å². The van der Waals surface area contributed by atoms with Crippen LogP contribution < -0.4 is 5.32 Å². The molecule has 1 aromatic carbocycles. The summed E-state index contributed by atoms with van der Waals surface area (Å²) in [6, 6.07) is 6.16. The Morgan fingerprint density at radius 1 is 1.43 bits per heavy atom. The number of amides is 1. The van der Waals surface area contributed by atoms with E-state index in [1.807, 2.05) is 0 Å². The van der Waals surface area contributed by atoms with Crippen molar-refractivity contribution in [2.75, 3.05) is 19.3 Å². The molecular formula is C16H21FN2O3S. The third-order valence-electron chi connectivity index (χ3n) is 3.72. The van der Waals surface area contributed by atoms with Gasteiger partial charge in [0.15, 0.2) is 0 Å². The van der Waals surface area contributed by atoms with E-state index in [9.17, 15) is 17.6 Å². The molecule has 126 valence electrons. The summed E-state index contributed by atoms with van der Waals surface area (Å²) in [4.78, 5) is 11.9. The van der Waals surface area contributed by atoms with Crippen molar-refractivity contribution in [2.45, 2.75) is 25.3 Å². The highest BCUT2D eigenvalue weighted by Crippen LogP contribution is 2.13. The third-order valence-corrected chi connectivity index (χ3v) is 4.99. The number of carbonyl (C=O) groups excluding carboxylic acids is 1. The maximum absolute atomic E-state index is 13.4. The molecule has 1 saturated heterocycles. The van der Waals surface area contributed by atoms with E-state index in [1.54, 1.807) is 30.4 Å². The Hall–Kier alpha value is -1.73. The zero-order chi connectivity index (χ0) is 16.9. The molecule has 1 atom stereocenters. The van der Waals surface area contributed by atoms with Crippen LogP contribution >= 0.6 is 0 Å². The van der Waals surface area contributed by atoms with Crippen LogP contribution in [0, 0.1) is 5.82 Å². The molecule has 0 aromatic heterocycles. The third kappa shape index (κ3) is 5.44. The molecule has 0 bridgehead atoms. The molecule has 1 amide bonds. The van der Waals surface area contributed by atoms with Crippen LogP contribution in [0.2, 0.25) is 0 Å². The van der Waals surface area contributed by atoms with E-state index in [2.05, 4.69) is 5.32 Å². The van der Waals surface area contributed by atoms with E-state index >= 15 is 0 Å². The lowest BCUT2D eigenvalue weighted by Gasteiger charge is -2.31. The first-order valence-electron chi connectivity index (χ1n) is 7.52. The van der Waals surface area contributed by atoms with Gasteiger partial charge in [0.25, 0.3) is 0 Å². The molecule has 7 heteroatoms. The average molecular weight is 340 g/mol. The standard InChI is InChI=1S/C16H21FN2O3S/c1-23(21,22)19-11-5-8-14(12-19)18-16(20)10-4-7-13-6-2-3-9-15(13)17/h2-4,6-7,9,14H,5,8,10-12H2,1H3,(H,18,20). The second-order valence-corrected chi connectivity index (χ2v) is 7.64. The van der Waals surface area contributed by atoms with Gasteiger partial charge in [-0.05, 0) is 18.9 Å². The van der Waals surface area contributed by atoms with Crippen molar-refractivity contribution in [3.05, 3.63) is 41.7 Å². The zero-order valence-corrected chi connectivity index (χ0v) is 13.9. The molecule has 2 rings (SSSR count). The van der Waals surface area contributed by atoms with Crippen molar-refractivity contribution in [3.63, 3.8) is 0 Å². The van der Waals surface area contributed by atoms with E-state index in [0.29, 0.717) is 18.7 Å². The number of benzene rings is 1. The van der Waals surface area contributed by atoms with Crippen molar-refractivity contribution in [1.82, 2.24) is 9.62 Å². The van der Waals surface area contributed by atoms with Crippen molar-refractivity contribution >= 4 is 22.0 Å². The molecule has 5 nitrogen and oxygen atoms in total. The number of carbonyl (C=O) groups is 1. The highest BCUT2D eigenvalue weighted by Gasteiger charge is 2.26. The summed E-state index contributed by atoms with van der Waals surface area (Å²) in [7, 11) is -3.23. The molecule has 0 aliphatic carbocycles. The van der Waals surface area contributed by atoms with Gasteiger partial charge in [-0.2, -0.15) is 0 Å². The van der Waals surface area contributed by atoms with Crippen molar-refractivity contribution in [2.24, 2.45) is 0 Å². The minimum absolute atomic E-state index is 0.129. The summed E-state index contributed by atoms with van der Waals surface area (Å²) in [5.41, 5.74) is 0.432. The largest absolute Gasteiger partial charge is 0.352 e. The van der Waals surface area contributed by atoms with Gasteiger partial charge >= 0.3 is 0 Å². The zero-order valence-electron chi connectivity index (χ0n) is 13.0. The minimum atomic E-state index is -3.23. The summed E-state index contributed by atoms with van der Waals surface area (Å²) in [5.74, 6) is -0.529. The molecular weight excluding hydrogens is 319 g/mol. The Bertz CT molecular complexity index is 688. The summed E-state index contributed by atoms with van der Waals surface area (Å²) in [5, 5.41) is 2.83. The molecule has 0 saturated carbocycles. The summed E-state index contributed by atoms with van der Waals surface area (Å²) in [6.07, 6.45) is 5.96. The Balaban J connectivity index is 1.84. The molecule has 0 spiro atoms. The van der Waals surface area contributed by atoms with E-state index in [4.69, 9.17) is 0 Å². The van der Waals surface area contributed by atoms with Crippen LogP contribution in [0.3, 0.4) is 0 Å². The Morgan fingerprint density at radius 3 is 2.87 bits per heavy atom.